The minimum atomic E-state index is -1.05. The number of aromatic nitrogens is 3. The van der Waals surface area contributed by atoms with Crippen LogP contribution in [0.5, 0.6) is 11.5 Å². The van der Waals surface area contributed by atoms with Gasteiger partial charge in [-0.05, 0) is 59.7 Å². The molecule has 0 radical (unpaired) electrons. The van der Waals surface area contributed by atoms with E-state index in [1.54, 1.807) is 24.4 Å². The Labute approximate surface area is 191 Å². The van der Waals surface area contributed by atoms with Crippen molar-refractivity contribution in [3.05, 3.63) is 90.5 Å². The molecule has 0 atom stereocenters. The first-order chi connectivity index (χ1) is 16.4. The molecule has 6 nitrogen and oxygen atoms in total. The number of anilines is 2. The van der Waals surface area contributed by atoms with Crippen molar-refractivity contribution in [2.45, 2.75) is 0 Å². The standard InChI is InChI=1S/C25H15F3N4O2/c26-18-5-4-16(11-19(18)27)30-25-17-8-15(13-3-6-21(33)22(34)10-13)9-20(28)23(17)31-24(32-25)14-2-1-7-29-12-14/h1-12,33-34H,(H,30,31,32). The molecule has 3 aromatic carbocycles. The summed E-state index contributed by atoms with van der Waals surface area (Å²) in [5.74, 6) is -3.06. The van der Waals surface area contributed by atoms with E-state index in [0.717, 1.165) is 12.1 Å². The highest BCUT2D eigenvalue weighted by Gasteiger charge is 2.16. The largest absolute Gasteiger partial charge is 0.504 e. The molecular weight excluding hydrogens is 445 g/mol. The number of hydrogen-bond acceptors (Lipinski definition) is 6. The van der Waals surface area contributed by atoms with E-state index in [2.05, 4.69) is 20.3 Å². The molecule has 5 aromatic rings. The molecule has 9 heteroatoms. The molecule has 0 aliphatic carbocycles. The van der Waals surface area contributed by atoms with Gasteiger partial charge in [-0.1, -0.05) is 6.07 Å². The van der Waals surface area contributed by atoms with Gasteiger partial charge in [-0.2, -0.15) is 0 Å². The molecule has 0 saturated carbocycles. The van der Waals surface area contributed by atoms with Crippen LogP contribution < -0.4 is 5.32 Å². The summed E-state index contributed by atoms with van der Waals surface area (Å²) in [4.78, 5) is 12.9. The maximum Gasteiger partial charge on any atom is 0.163 e. The van der Waals surface area contributed by atoms with E-state index in [1.165, 1.54) is 36.5 Å². The molecule has 0 aliphatic rings. The molecule has 0 fully saturated rings. The van der Waals surface area contributed by atoms with Crippen molar-refractivity contribution in [2.24, 2.45) is 0 Å². The van der Waals surface area contributed by atoms with Crippen molar-refractivity contribution < 1.29 is 23.4 Å². The highest BCUT2D eigenvalue weighted by atomic mass is 19.2. The van der Waals surface area contributed by atoms with Gasteiger partial charge in [0, 0.05) is 35.1 Å². The van der Waals surface area contributed by atoms with Crippen LogP contribution in [-0.2, 0) is 0 Å². The summed E-state index contributed by atoms with van der Waals surface area (Å²) in [6, 6.07) is 13.6. The van der Waals surface area contributed by atoms with E-state index in [9.17, 15) is 19.0 Å². The Kier molecular flexibility index (Phi) is 5.21. The number of fused-ring (bicyclic) bond motifs is 1. The van der Waals surface area contributed by atoms with Crippen LogP contribution in [0.4, 0.5) is 24.7 Å². The van der Waals surface area contributed by atoms with E-state index in [4.69, 9.17) is 0 Å². The average Bonchev–Trinajstić information content (AvgIpc) is 2.84. The van der Waals surface area contributed by atoms with Crippen molar-refractivity contribution in [1.29, 1.82) is 0 Å². The van der Waals surface area contributed by atoms with Crippen LogP contribution in [0.25, 0.3) is 33.4 Å². The molecule has 0 spiro atoms. The van der Waals surface area contributed by atoms with Crippen LogP contribution in [0, 0.1) is 17.5 Å². The lowest BCUT2D eigenvalue weighted by molar-refractivity contribution is 0.404. The third-order valence-corrected chi connectivity index (χ3v) is 5.16. The van der Waals surface area contributed by atoms with E-state index < -0.39 is 17.5 Å². The second kappa shape index (κ2) is 8.36. The first-order valence-corrected chi connectivity index (χ1v) is 10.0. The number of aromatic hydroxyl groups is 2. The van der Waals surface area contributed by atoms with Crippen LogP contribution in [-0.4, -0.2) is 25.2 Å². The lowest BCUT2D eigenvalue weighted by atomic mass is 10.0. The van der Waals surface area contributed by atoms with Gasteiger partial charge in [0.15, 0.2) is 29.0 Å². The minimum absolute atomic E-state index is 0.00862. The Morgan fingerprint density at radius 2 is 1.56 bits per heavy atom. The summed E-state index contributed by atoms with van der Waals surface area (Å²) in [6.07, 6.45) is 3.10. The third kappa shape index (κ3) is 3.95. The maximum absolute atomic E-state index is 15.3. The van der Waals surface area contributed by atoms with Gasteiger partial charge in [0.05, 0.1) is 0 Å². The molecule has 0 unspecified atom stereocenters. The second-order valence-electron chi connectivity index (χ2n) is 7.45. The lowest BCUT2D eigenvalue weighted by Crippen LogP contribution is -2.02. The fraction of sp³-hybridized carbons (Fsp3) is 0. The minimum Gasteiger partial charge on any atom is -0.504 e. The van der Waals surface area contributed by atoms with Crippen LogP contribution in [0.2, 0.25) is 0 Å². The average molecular weight is 460 g/mol. The number of phenols is 2. The molecule has 0 aliphatic heterocycles. The van der Waals surface area contributed by atoms with Gasteiger partial charge < -0.3 is 15.5 Å². The summed E-state index contributed by atoms with van der Waals surface area (Å²) in [6.45, 7) is 0. The highest BCUT2D eigenvalue weighted by molar-refractivity contribution is 5.95. The summed E-state index contributed by atoms with van der Waals surface area (Å²) >= 11 is 0. The summed E-state index contributed by atoms with van der Waals surface area (Å²) in [5, 5.41) is 22.6. The van der Waals surface area contributed by atoms with Crippen molar-refractivity contribution in [3.63, 3.8) is 0 Å². The van der Waals surface area contributed by atoms with Gasteiger partial charge in [-0.15, -0.1) is 0 Å². The zero-order chi connectivity index (χ0) is 23.8. The van der Waals surface area contributed by atoms with Gasteiger partial charge in [-0.25, -0.2) is 23.1 Å². The number of nitrogens with one attached hydrogen (secondary N) is 1. The molecule has 3 N–H and O–H groups in total. The number of nitrogens with zero attached hydrogens (tertiary/aromatic N) is 3. The SMILES string of the molecule is Oc1ccc(-c2cc(F)c3nc(-c4cccnc4)nc(Nc4ccc(F)c(F)c4)c3c2)cc1O. The monoisotopic (exact) mass is 460 g/mol. The van der Waals surface area contributed by atoms with Crippen LogP contribution >= 0.6 is 0 Å². The van der Waals surface area contributed by atoms with Gasteiger partial charge in [0.1, 0.15) is 17.2 Å². The third-order valence-electron chi connectivity index (χ3n) is 5.16. The lowest BCUT2D eigenvalue weighted by Gasteiger charge is -2.13. The van der Waals surface area contributed by atoms with E-state index in [-0.39, 0.29) is 39.7 Å². The summed E-state index contributed by atoms with van der Waals surface area (Å²) in [5.41, 5.74) is 1.54. The first kappa shape index (κ1) is 21.2. The smallest absolute Gasteiger partial charge is 0.163 e. The first-order valence-electron chi connectivity index (χ1n) is 10.0. The van der Waals surface area contributed by atoms with E-state index in [0.29, 0.717) is 16.7 Å². The Bertz CT molecular complexity index is 1550. The number of halogens is 3. The van der Waals surface area contributed by atoms with Crippen LogP contribution in [0.3, 0.4) is 0 Å². The van der Waals surface area contributed by atoms with Crippen molar-refractivity contribution >= 4 is 22.4 Å². The predicted molar refractivity (Wildman–Crippen MR) is 121 cm³/mol. The zero-order valence-electron chi connectivity index (χ0n) is 17.3. The fourth-order valence-electron chi connectivity index (χ4n) is 3.49. The molecule has 0 bridgehead atoms. The van der Waals surface area contributed by atoms with E-state index >= 15 is 4.39 Å². The van der Waals surface area contributed by atoms with Crippen molar-refractivity contribution in [2.75, 3.05) is 5.32 Å². The number of phenolic OH excluding ortho intramolecular Hbond substituents is 2. The maximum atomic E-state index is 15.3. The normalized spacial score (nSPS) is 11.0. The molecule has 0 saturated heterocycles. The number of pyridine rings is 1. The quantitative estimate of drug-likeness (QED) is 0.288. The highest BCUT2D eigenvalue weighted by Crippen LogP contribution is 2.35. The van der Waals surface area contributed by atoms with E-state index in [1.807, 2.05) is 0 Å². The molecule has 168 valence electrons. The Morgan fingerprint density at radius 1 is 0.706 bits per heavy atom. The van der Waals surface area contributed by atoms with Gasteiger partial charge in [0.25, 0.3) is 0 Å². The molecule has 2 heterocycles. The summed E-state index contributed by atoms with van der Waals surface area (Å²) < 4.78 is 42.5. The fourth-order valence-corrected chi connectivity index (χ4v) is 3.49. The second-order valence-corrected chi connectivity index (χ2v) is 7.45. The predicted octanol–water partition coefficient (Wildman–Crippen LogP) is 5.93. The van der Waals surface area contributed by atoms with Gasteiger partial charge in [-0.3, -0.25) is 4.98 Å². The van der Waals surface area contributed by atoms with Crippen LogP contribution in [0.1, 0.15) is 0 Å². The number of hydrogen-bond donors (Lipinski definition) is 3. The van der Waals surface area contributed by atoms with Gasteiger partial charge in [0.2, 0.25) is 0 Å². The molecule has 34 heavy (non-hydrogen) atoms. The zero-order valence-corrected chi connectivity index (χ0v) is 17.3. The van der Waals surface area contributed by atoms with Crippen LogP contribution in [0.15, 0.2) is 73.1 Å². The van der Waals surface area contributed by atoms with Gasteiger partial charge >= 0.3 is 0 Å². The van der Waals surface area contributed by atoms with Crippen molar-refractivity contribution in [1.82, 2.24) is 15.0 Å². The number of rotatable bonds is 4. The molecule has 2 aromatic heterocycles. The van der Waals surface area contributed by atoms with Crippen molar-refractivity contribution in [3.8, 4) is 34.0 Å². The molecule has 0 amide bonds. The topological polar surface area (TPSA) is 91.2 Å². The molecular formula is C25H15F3N4O2. The Balaban J connectivity index is 1.72. The number of benzene rings is 3. The Morgan fingerprint density at radius 3 is 2.29 bits per heavy atom. The molecule has 5 rings (SSSR count). The summed E-state index contributed by atoms with van der Waals surface area (Å²) in [7, 11) is 0. The Hall–Kier alpha value is -4.66.